The molecule has 0 aromatic heterocycles. The van der Waals surface area contributed by atoms with Gasteiger partial charge in [-0.1, -0.05) is 12.8 Å². The fourth-order valence-corrected chi connectivity index (χ4v) is 2.51. The van der Waals surface area contributed by atoms with Gasteiger partial charge in [0.1, 0.15) is 0 Å². The van der Waals surface area contributed by atoms with Gasteiger partial charge in [0, 0.05) is 12.5 Å². The Labute approximate surface area is 93.7 Å². The van der Waals surface area contributed by atoms with Crippen molar-refractivity contribution in [1.29, 1.82) is 0 Å². The number of nitrogens with one attached hydrogen (secondary N) is 1. The minimum absolute atomic E-state index is 0.191. The van der Waals surface area contributed by atoms with Crippen molar-refractivity contribution in [2.45, 2.75) is 44.3 Å². The fourth-order valence-electron chi connectivity index (χ4n) is 2.51. The average Bonchev–Trinajstić information content (AvgIpc) is 2.25. The molecule has 3 unspecified atom stereocenters. The van der Waals surface area contributed by atoms with Gasteiger partial charge in [-0.15, -0.1) is 12.3 Å². The third-order valence-electron chi connectivity index (χ3n) is 3.31. The molecule has 0 heterocycles. The largest absolute Gasteiger partial charge is 0.392 e. The molecule has 1 aliphatic rings. The van der Waals surface area contributed by atoms with E-state index in [1.807, 2.05) is 0 Å². The maximum absolute atomic E-state index is 12.8. The highest BCUT2D eigenvalue weighted by molar-refractivity contribution is 4.95. The van der Waals surface area contributed by atoms with Crippen LogP contribution in [0.3, 0.4) is 0 Å². The molecule has 0 radical (unpaired) electrons. The van der Waals surface area contributed by atoms with Crippen LogP contribution in [0.2, 0.25) is 0 Å². The van der Waals surface area contributed by atoms with Gasteiger partial charge in [-0.25, -0.2) is 0 Å². The zero-order valence-electron chi connectivity index (χ0n) is 9.06. The van der Waals surface area contributed by atoms with Crippen LogP contribution in [0, 0.1) is 24.2 Å². The topological polar surface area (TPSA) is 38.0 Å². The van der Waals surface area contributed by atoms with Crippen molar-refractivity contribution < 1.29 is 13.2 Å². The summed E-state index contributed by atoms with van der Waals surface area (Å²) in [5.74, 6) is 5.90. The predicted molar refractivity (Wildman–Crippen MR) is 56.1 cm³/mol. The molecule has 1 rings (SSSR count). The SMILES string of the molecule is C#CCC(NN)C1CCCCC1C(F)(F)F. The molecule has 1 aliphatic carbocycles. The number of terminal acetylenes is 1. The van der Waals surface area contributed by atoms with E-state index >= 15 is 0 Å². The summed E-state index contributed by atoms with van der Waals surface area (Å²) < 4.78 is 38.4. The average molecular weight is 234 g/mol. The summed E-state index contributed by atoms with van der Waals surface area (Å²) in [6, 6.07) is -0.433. The highest BCUT2D eigenvalue weighted by Gasteiger charge is 2.47. The van der Waals surface area contributed by atoms with Crippen LogP contribution >= 0.6 is 0 Å². The second-order valence-corrected chi connectivity index (χ2v) is 4.28. The molecule has 1 saturated carbocycles. The second kappa shape index (κ2) is 5.55. The molecule has 0 amide bonds. The molecule has 0 aromatic rings. The number of hydrogen-bond donors (Lipinski definition) is 2. The van der Waals surface area contributed by atoms with E-state index in [0.29, 0.717) is 12.8 Å². The third-order valence-corrected chi connectivity index (χ3v) is 3.31. The first-order valence-electron chi connectivity index (χ1n) is 5.47. The molecule has 0 bridgehead atoms. The van der Waals surface area contributed by atoms with Crippen LogP contribution in [0.5, 0.6) is 0 Å². The number of nitrogens with two attached hydrogens (primary N) is 1. The van der Waals surface area contributed by atoms with Gasteiger partial charge in [-0.05, 0) is 18.8 Å². The molecular formula is C11H17F3N2. The molecule has 3 atom stereocenters. The lowest BCUT2D eigenvalue weighted by Gasteiger charge is -2.37. The first-order chi connectivity index (χ1) is 7.50. The normalized spacial score (nSPS) is 28.4. The molecule has 0 saturated heterocycles. The van der Waals surface area contributed by atoms with E-state index in [9.17, 15) is 13.2 Å². The summed E-state index contributed by atoms with van der Waals surface area (Å²) in [4.78, 5) is 0. The molecular weight excluding hydrogens is 217 g/mol. The smallest absolute Gasteiger partial charge is 0.271 e. The Bertz CT molecular complexity index is 257. The van der Waals surface area contributed by atoms with E-state index in [2.05, 4.69) is 11.3 Å². The van der Waals surface area contributed by atoms with E-state index in [1.165, 1.54) is 0 Å². The van der Waals surface area contributed by atoms with E-state index in [0.717, 1.165) is 6.42 Å². The van der Waals surface area contributed by atoms with Crippen LogP contribution in [0.4, 0.5) is 13.2 Å². The monoisotopic (exact) mass is 234 g/mol. The van der Waals surface area contributed by atoms with Crippen molar-refractivity contribution >= 4 is 0 Å². The zero-order chi connectivity index (χ0) is 12.2. The summed E-state index contributed by atoms with van der Waals surface area (Å²) >= 11 is 0. The van der Waals surface area contributed by atoms with Crippen molar-refractivity contribution in [3.05, 3.63) is 0 Å². The number of hydrogen-bond acceptors (Lipinski definition) is 2. The van der Waals surface area contributed by atoms with Gasteiger partial charge in [-0.2, -0.15) is 13.2 Å². The molecule has 92 valence electrons. The van der Waals surface area contributed by atoms with Crippen molar-refractivity contribution in [3.63, 3.8) is 0 Å². The summed E-state index contributed by atoms with van der Waals surface area (Å²) in [5.41, 5.74) is 2.43. The van der Waals surface area contributed by atoms with Crippen molar-refractivity contribution in [2.75, 3.05) is 0 Å². The van der Waals surface area contributed by atoms with Crippen LogP contribution in [0.1, 0.15) is 32.1 Å². The van der Waals surface area contributed by atoms with E-state index in [1.54, 1.807) is 0 Å². The van der Waals surface area contributed by atoms with Gasteiger partial charge in [0.25, 0.3) is 0 Å². The number of rotatable bonds is 3. The second-order valence-electron chi connectivity index (χ2n) is 4.28. The molecule has 5 heteroatoms. The first kappa shape index (κ1) is 13.3. The molecule has 0 aliphatic heterocycles. The number of hydrazine groups is 1. The lowest BCUT2D eigenvalue weighted by molar-refractivity contribution is -0.199. The quantitative estimate of drug-likeness (QED) is 0.446. The summed E-state index contributed by atoms with van der Waals surface area (Å²) in [7, 11) is 0. The van der Waals surface area contributed by atoms with Crippen LogP contribution in [0.25, 0.3) is 0 Å². The maximum Gasteiger partial charge on any atom is 0.392 e. The van der Waals surface area contributed by atoms with Crippen LogP contribution in [0.15, 0.2) is 0 Å². The Balaban J connectivity index is 2.77. The summed E-state index contributed by atoms with van der Waals surface area (Å²) in [5, 5.41) is 0. The third kappa shape index (κ3) is 3.13. The Hall–Kier alpha value is -0.730. The van der Waals surface area contributed by atoms with Gasteiger partial charge in [-0.3, -0.25) is 11.3 Å². The molecule has 16 heavy (non-hydrogen) atoms. The van der Waals surface area contributed by atoms with Crippen molar-refractivity contribution in [3.8, 4) is 12.3 Å². The maximum atomic E-state index is 12.8. The van der Waals surface area contributed by atoms with Gasteiger partial charge >= 0.3 is 6.18 Å². The number of halogens is 3. The van der Waals surface area contributed by atoms with Crippen LogP contribution in [-0.4, -0.2) is 12.2 Å². The van der Waals surface area contributed by atoms with E-state index in [4.69, 9.17) is 12.3 Å². The zero-order valence-corrected chi connectivity index (χ0v) is 9.06. The Kier molecular flexibility index (Phi) is 4.63. The molecule has 0 spiro atoms. The standard InChI is InChI=1S/C11H17F3N2/c1-2-5-10(16-15)8-6-3-4-7-9(8)11(12,13)14/h1,8-10,16H,3-7,15H2. The van der Waals surface area contributed by atoms with Crippen LogP contribution < -0.4 is 11.3 Å². The summed E-state index contributed by atoms with van der Waals surface area (Å²) in [6.07, 6.45) is 3.43. The van der Waals surface area contributed by atoms with Gasteiger partial charge in [0.05, 0.1) is 5.92 Å². The van der Waals surface area contributed by atoms with Crippen LogP contribution in [-0.2, 0) is 0 Å². The highest BCUT2D eigenvalue weighted by Crippen LogP contribution is 2.43. The number of alkyl halides is 3. The summed E-state index contributed by atoms with van der Waals surface area (Å²) in [6.45, 7) is 0. The lowest BCUT2D eigenvalue weighted by Crippen LogP contribution is -2.48. The lowest BCUT2D eigenvalue weighted by atomic mass is 9.74. The fraction of sp³-hybridized carbons (Fsp3) is 0.818. The Morgan fingerprint density at radius 3 is 2.50 bits per heavy atom. The van der Waals surface area contributed by atoms with Crippen molar-refractivity contribution in [2.24, 2.45) is 17.7 Å². The minimum Gasteiger partial charge on any atom is -0.271 e. The van der Waals surface area contributed by atoms with Gasteiger partial charge in [0.15, 0.2) is 0 Å². The molecule has 2 nitrogen and oxygen atoms in total. The van der Waals surface area contributed by atoms with Crippen molar-refractivity contribution in [1.82, 2.24) is 5.43 Å². The molecule has 1 fully saturated rings. The van der Waals surface area contributed by atoms with E-state index < -0.39 is 24.1 Å². The highest BCUT2D eigenvalue weighted by atomic mass is 19.4. The molecule has 3 N–H and O–H groups in total. The Morgan fingerprint density at radius 2 is 2.00 bits per heavy atom. The van der Waals surface area contributed by atoms with Gasteiger partial charge in [0.2, 0.25) is 0 Å². The first-order valence-corrected chi connectivity index (χ1v) is 5.47. The molecule has 0 aromatic carbocycles. The minimum atomic E-state index is -4.14. The van der Waals surface area contributed by atoms with Gasteiger partial charge < -0.3 is 0 Å². The Morgan fingerprint density at radius 1 is 1.38 bits per heavy atom. The van der Waals surface area contributed by atoms with E-state index in [-0.39, 0.29) is 12.8 Å². The predicted octanol–water partition coefficient (Wildman–Crippen LogP) is 2.21.